The summed E-state index contributed by atoms with van der Waals surface area (Å²) < 4.78 is 0. The van der Waals surface area contributed by atoms with Gasteiger partial charge in [-0.3, -0.25) is 0 Å². The lowest BCUT2D eigenvalue weighted by molar-refractivity contribution is 0.489. The van der Waals surface area contributed by atoms with E-state index in [1.807, 2.05) is 0 Å². The normalized spacial score (nSPS) is 14.0. The Bertz CT molecular complexity index is 134. The highest BCUT2D eigenvalue weighted by atomic mass is 32.2. The molecule has 0 aromatic rings. The van der Waals surface area contributed by atoms with E-state index < -0.39 is 0 Å². The molecule has 18 heavy (non-hydrogen) atoms. The summed E-state index contributed by atoms with van der Waals surface area (Å²) in [6, 6.07) is 0. The van der Waals surface area contributed by atoms with Crippen molar-refractivity contribution in [1.82, 2.24) is 6.15 Å². The molecule has 0 bridgehead atoms. The van der Waals surface area contributed by atoms with Crippen LogP contribution in [0, 0.1) is 11.8 Å². The van der Waals surface area contributed by atoms with Gasteiger partial charge in [0, 0.05) is 0 Å². The quantitative estimate of drug-likeness (QED) is 0.452. The smallest absolute Gasteiger partial charge is 0.00391 e. The van der Waals surface area contributed by atoms with E-state index in [1.165, 1.54) is 62.9 Å². The van der Waals surface area contributed by atoms with Crippen LogP contribution in [0.15, 0.2) is 0 Å². The van der Waals surface area contributed by atoms with Gasteiger partial charge in [-0.2, -0.15) is 11.8 Å². The lowest BCUT2D eigenvalue weighted by Gasteiger charge is -2.17. The van der Waals surface area contributed by atoms with Crippen molar-refractivity contribution in [3.63, 3.8) is 0 Å². The van der Waals surface area contributed by atoms with Gasteiger partial charge in [-0.05, 0) is 36.2 Å². The minimum Gasteiger partial charge on any atom is -0.344 e. The Labute approximate surface area is 120 Å². The Morgan fingerprint density at radius 1 is 0.722 bits per heavy atom. The van der Waals surface area contributed by atoms with E-state index in [1.54, 1.807) is 0 Å². The first-order valence-electron chi connectivity index (χ1n) is 7.86. The Morgan fingerprint density at radius 2 is 1.11 bits per heavy atom. The summed E-state index contributed by atoms with van der Waals surface area (Å²) in [5, 5.41) is 0. The van der Waals surface area contributed by atoms with Crippen molar-refractivity contribution in [2.24, 2.45) is 11.8 Å². The molecule has 2 atom stereocenters. The Balaban J connectivity index is 0. The highest BCUT2D eigenvalue weighted by Crippen LogP contribution is 2.23. The van der Waals surface area contributed by atoms with E-state index in [0.717, 1.165) is 11.8 Å². The van der Waals surface area contributed by atoms with Crippen LogP contribution in [0.2, 0.25) is 0 Å². The molecule has 0 fully saturated rings. The average molecular weight is 276 g/mol. The van der Waals surface area contributed by atoms with Gasteiger partial charge in [0.05, 0.1) is 0 Å². The molecule has 0 spiro atoms. The molecule has 2 unspecified atom stereocenters. The van der Waals surface area contributed by atoms with Gasteiger partial charge in [-0.15, -0.1) is 0 Å². The lowest BCUT2D eigenvalue weighted by Crippen LogP contribution is -2.07. The molecule has 3 N–H and O–H groups in total. The molecule has 0 aromatic carbocycles. The van der Waals surface area contributed by atoms with Gasteiger partial charge in [-0.25, -0.2) is 0 Å². The Hall–Kier alpha value is 0.310. The third kappa shape index (κ3) is 11.4. The fraction of sp³-hybridized carbons (Fsp3) is 1.00. The van der Waals surface area contributed by atoms with E-state index in [0.29, 0.717) is 0 Å². The molecule has 0 saturated carbocycles. The molecule has 0 radical (unpaired) electrons. The van der Waals surface area contributed by atoms with Crippen molar-refractivity contribution in [1.29, 1.82) is 0 Å². The molecule has 0 aliphatic rings. The second kappa shape index (κ2) is 15.4. The molecule has 0 saturated heterocycles. The van der Waals surface area contributed by atoms with E-state index in [9.17, 15) is 0 Å². The third-order valence-electron chi connectivity index (χ3n) is 3.79. The minimum absolute atomic E-state index is 0. The predicted molar refractivity (Wildman–Crippen MR) is 89.0 cm³/mol. The average Bonchev–Trinajstić information content (AvgIpc) is 2.37. The highest BCUT2D eigenvalue weighted by molar-refractivity contribution is 7.99. The third-order valence-corrected chi connectivity index (χ3v) is 5.21. The lowest BCUT2D eigenvalue weighted by atomic mass is 10.0. The zero-order chi connectivity index (χ0) is 12.9. The van der Waals surface area contributed by atoms with Gasteiger partial charge < -0.3 is 6.15 Å². The van der Waals surface area contributed by atoms with Crippen LogP contribution in [0.4, 0.5) is 0 Å². The zero-order valence-corrected chi connectivity index (χ0v) is 14.2. The SMILES string of the molecule is CCCCC(CC)CSCC(CC)CCCC.N. The first-order chi connectivity index (χ1) is 8.28. The molecule has 0 rings (SSSR count). The van der Waals surface area contributed by atoms with Crippen molar-refractivity contribution in [2.45, 2.75) is 79.1 Å². The van der Waals surface area contributed by atoms with Crippen molar-refractivity contribution in [3.8, 4) is 0 Å². The fourth-order valence-electron chi connectivity index (χ4n) is 2.20. The minimum atomic E-state index is 0. The number of hydrogen-bond acceptors (Lipinski definition) is 2. The highest BCUT2D eigenvalue weighted by Gasteiger charge is 2.09. The summed E-state index contributed by atoms with van der Waals surface area (Å²) in [6.07, 6.45) is 11.2. The summed E-state index contributed by atoms with van der Waals surface area (Å²) >= 11 is 2.22. The van der Waals surface area contributed by atoms with Crippen LogP contribution < -0.4 is 6.15 Å². The van der Waals surface area contributed by atoms with Crippen LogP contribution >= 0.6 is 11.8 Å². The van der Waals surface area contributed by atoms with Crippen molar-refractivity contribution in [2.75, 3.05) is 11.5 Å². The molecular weight excluding hydrogens is 238 g/mol. The van der Waals surface area contributed by atoms with Crippen molar-refractivity contribution >= 4 is 11.8 Å². The molecule has 1 nitrogen and oxygen atoms in total. The van der Waals surface area contributed by atoms with Gasteiger partial charge in [-0.1, -0.05) is 66.2 Å². The second-order valence-electron chi connectivity index (χ2n) is 5.37. The number of hydrogen-bond donors (Lipinski definition) is 1. The summed E-state index contributed by atoms with van der Waals surface area (Å²) in [5.41, 5.74) is 0. The molecule has 0 amide bonds. The van der Waals surface area contributed by atoms with Gasteiger partial charge in [0.2, 0.25) is 0 Å². The summed E-state index contributed by atoms with van der Waals surface area (Å²) in [4.78, 5) is 0. The van der Waals surface area contributed by atoms with Gasteiger partial charge >= 0.3 is 0 Å². The van der Waals surface area contributed by atoms with Crippen LogP contribution in [-0.4, -0.2) is 11.5 Å². The molecule has 0 aliphatic carbocycles. The summed E-state index contributed by atoms with van der Waals surface area (Å²) in [6.45, 7) is 9.32. The summed E-state index contributed by atoms with van der Waals surface area (Å²) in [7, 11) is 0. The van der Waals surface area contributed by atoms with Gasteiger partial charge in [0.1, 0.15) is 0 Å². The standard InChI is InChI=1S/C16H34S.H3N/c1-5-9-11-15(7-3)13-17-14-16(8-4)12-10-6-2;/h15-16H,5-14H2,1-4H3;1H3. The molecule has 112 valence electrons. The largest absolute Gasteiger partial charge is 0.344 e. The van der Waals surface area contributed by atoms with Crippen molar-refractivity contribution < 1.29 is 0 Å². The Morgan fingerprint density at radius 3 is 1.39 bits per heavy atom. The zero-order valence-electron chi connectivity index (χ0n) is 13.3. The van der Waals surface area contributed by atoms with Crippen LogP contribution in [-0.2, 0) is 0 Å². The Kier molecular flexibility index (Phi) is 17.6. The first kappa shape index (κ1) is 20.6. The molecule has 0 aliphatic heterocycles. The van der Waals surface area contributed by atoms with E-state index in [2.05, 4.69) is 39.5 Å². The monoisotopic (exact) mass is 275 g/mol. The predicted octanol–water partition coefficient (Wildman–Crippen LogP) is 6.31. The topological polar surface area (TPSA) is 35.0 Å². The first-order valence-corrected chi connectivity index (χ1v) is 9.01. The van der Waals surface area contributed by atoms with Crippen LogP contribution in [0.5, 0.6) is 0 Å². The molecule has 0 heterocycles. The number of rotatable bonds is 12. The van der Waals surface area contributed by atoms with Crippen LogP contribution in [0.3, 0.4) is 0 Å². The second-order valence-corrected chi connectivity index (χ2v) is 6.45. The van der Waals surface area contributed by atoms with Gasteiger partial charge in [0.15, 0.2) is 0 Å². The van der Waals surface area contributed by atoms with E-state index in [-0.39, 0.29) is 6.15 Å². The van der Waals surface area contributed by atoms with Gasteiger partial charge in [0.25, 0.3) is 0 Å². The maximum atomic E-state index is 2.36. The maximum Gasteiger partial charge on any atom is -0.00391 e. The van der Waals surface area contributed by atoms with Crippen molar-refractivity contribution in [3.05, 3.63) is 0 Å². The van der Waals surface area contributed by atoms with E-state index in [4.69, 9.17) is 0 Å². The van der Waals surface area contributed by atoms with Crippen LogP contribution in [0.25, 0.3) is 0 Å². The van der Waals surface area contributed by atoms with Crippen LogP contribution in [0.1, 0.15) is 79.1 Å². The summed E-state index contributed by atoms with van der Waals surface area (Å²) in [5.74, 6) is 4.75. The molecule has 0 aromatic heterocycles. The molecular formula is C16H37NS. The van der Waals surface area contributed by atoms with E-state index >= 15 is 0 Å². The number of thioether (sulfide) groups is 1. The fourth-order valence-corrected chi connectivity index (χ4v) is 3.81. The molecule has 2 heteroatoms. The number of unbranched alkanes of at least 4 members (excludes halogenated alkanes) is 2. The maximum absolute atomic E-state index is 2.36.